The Morgan fingerprint density at radius 2 is 1.66 bits per heavy atom. The molecule has 0 atom stereocenters. The fourth-order valence-electron chi connectivity index (χ4n) is 3.87. The van der Waals surface area contributed by atoms with Crippen LogP contribution in [0.4, 0.5) is 4.79 Å². The Labute approximate surface area is 185 Å². The number of hydrazine groups is 1. The van der Waals surface area contributed by atoms with Crippen molar-refractivity contribution < 1.29 is 38.1 Å². The Bertz CT molecular complexity index is 924. The predicted octanol–water partition coefficient (Wildman–Crippen LogP) is 1.40. The lowest BCUT2D eigenvalue weighted by Crippen LogP contribution is -2.52. The van der Waals surface area contributed by atoms with E-state index in [4.69, 9.17) is 18.9 Å². The first-order chi connectivity index (χ1) is 15.2. The Morgan fingerprint density at radius 3 is 2.25 bits per heavy atom. The zero-order valence-corrected chi connectivity index (χ0v) is 18.5. The highest BCUT2D eigenvalue weighted by Crippen LogP contribution is 2.36. The molecule has 0 radical (unpaired) electrons. The van der Waals surface area contributed by atoms with Gasteiger partial charge in [-0.3, -0.25) is 15.0 Å². The first-order valence-electron chi connectivity index (χ1n) is 10.2. The van der Waals surface area contributed by atoms with Gasteiger partial charge in [-0.2, -0.15) is 5.01 Å². The van der Waals surface area contributed by atoms with E-state index in [1.807, 2.05) is 0 Å². The average molecular weight is 449 g/mol. The Hall–Kier alpha value is -3.50. The number of rotatable bonds is 7. The van der Waals surface area contributed by atoms with Gasteiger partial charge in [0, 0.05) is 12.1 Å². The van der Waals surface area contributed by atoms with E-state index in [2.05, 4.69) is 17.7 Å². The summed E-state index contributed by atoms with van der Waals surface area (Å²) in [6.45, 7) is 1.38. The number of nitrogens with zero attached hydrogens (tertiary/aromatic N) is 1. The summed E-state index contributed by atoms with van der Waals surface area (Å²) in [7, 11) is 4.21. The number of benzene rings is 1. The molecule has 1 spiro atoms. The molecule has 1 aromatic carbocycles. The smallest absolute Gasteiger partial charge is 0.344 e. The Kier molecular flexibility index (Phi) is 6.75. The number of carbonyl (C=O) groups excluding carboxylic acids is 4. The topological polar surface area (TPSA) is 132 Å². The molecule has 3 rings (SSSR count). The molecule has 11 heteroatoms. The third-order valence-corrected chi connectivity index (χ3v) is 5.79. The van der Waals surface area contributed by atoms with E-state index in [9.17, 15) is 19.2 Å². The minimum atomic E-state index is -0.986. The zero-order chi connectivity index (χ0) is 23.5. The quantitative estimate of drug-likeness (QED) is 0.472. The van der Waals surface area contributed by atoms with E-state index in [-0.39, 0.29) is 17.1 Å². The SMILES string of the molecule is COc1cc(OC)c(C(=O)OCC(=O)NN2C(=O)NC3(CCC(C)CC3)C2=O)cc1OC. The summed E-state index contributed by atoms with van der Waals surface area (Å²) in [5, 5.41) is 3.35. The van der Waals surface area contributed by atoms with Crippen LogP contribution in [0, 0.1) is 5.92 Å². The van der Waals surface area contributed by atoms with Gasteiger partial charge in [0.25, 0.3) is 11.8 Å². The van der Waals surface area contributed by atoms with Crippen LogP contribution >= 0.6 is 0 Å². The number of nitrogens with one attached hydrogen (secondary N) is 2. The molecule has 2 N–H and O–H groups in total. The van der Waals surface area contributed by atoms with Gasteiger partial charge in [-0.05, 0) is 31.6 Å². The van der Waals surface area contributed by atoms with E-state index in [1.54, 1.807) is 0 Å². The number of ether oxygens (including phenoxy) is 4. The highest BCUT2D eigenvalue weighted by atomic mass is 16.5. The van der Waals surface area contributed by atoms with Crippen LogP contribution in [0.15, 0.2) is 12.1 Å². The lowest BCUT2D eigenvalue weighted by Gasteiger charge is -2.33. The summed E-state index contributed by atoms with van der Waals surface area (Å²) in [6, 6.07) is 2.11. The van der Waals surface area contributed by atoms with Crippen LogP contribution in [0.1, 0.15) is 43.0 Å². The van der Waals surface area contributed by atoms with Crippen LogP contribution in [0.5, 0.6) is 17.2 Å². The van der Waals surface area contributed by atoms with Gasteiger partial charge in [-0.15, -0.1) is 0 Å². The molecule has 0 unspecified atom stereocenters. The molecule has 0 aromatic heterocycles. The molecule has 174 valence electrons. The second kappa shape index (κ2) is 9.33. The summed E-state index contributed by atoms with van der Waals surface area (Å²) in [5.41, 5.74) is 1.25. The molecule has 1 aromatic rings. The van der Waals surface area contributed by atoms with E-state index in [0.29, 0.717) is 29.5 Å². The summed E-state index contributed by atoms with van der Waals surface area (Å²) < 4.78 is 20.6. The summed E-state index contributed by atoms with van der Waals surface area (Å²) in [4.78, 5) is 49.9. The van der Waals surface area contributed by atoms with Gasteiger partial charge >= 0.3 is 12.0 Å². The van der Waals surface area contributed by atoms with Crippen LogP contribution in [0.2, 0.25) is 0 Å². The molecule has 1 aliphatic carbocycles. The van der Waals surface area contributed by atoms with Crippen molar-refractivity contribution in [2.24, 2.45) is 5.92 Å². The molecule has 1 aliphatic heterocycles. The molecule has 1 saturated carbocycles. The molecule has 1 saturated heterocycles. The van der Waals surface area contributed by atoms with Gasteiger partial charge in [0.05, 0.1) is 21.3 Å². The van der Waals surface area contributed by atoms with Gasteiger partial charge in [0.2, 0.25) is 0 Å². The van der Waals surface area contributed by atoms with Crippen molar-refractivity contribution in [3.63, 3.8) is 0 Å². The summed E-state index contributed by atoms with van der Waals surface area (Å²) in [5.74, 6) is -0.928. The van der Waals surface area contributed by atoms with Crippen LogP contribution in [-0.4, -0.2) is 62.3 Å². The van der Waals surface area contributed by atoms with Crippen LogP contribution in [0.3, 0.4) is 0 Å². The number of amides is 4. The fraction of sp³-hybridized carbons (Fsp3) is 0.524. The molecule has 4 amide bonds. The van der Waals surface area contributed by atoms with Gasteiger partial charge in [0.1, 0.15) is 16.9 Å². The molecule has 1 heterocycles. The zero-order valence-electron chi connectivity index (χ0n) is 18.5. The number of imide groups is 1. The standard InChI is InChI=1S/C21H27N3O8/c1-12-5-7-21(8-6-12)19(27)24(20(28)22-21)23-17(25)11-32-18(26)13-9-15(30-3)16(31-4)10-14(13)29-2/h9-10,12H,5-8,11H2,1-4H3,(H,22,28)(H,23,25). The molecule has 32 heavy (non-hydrogen) atoms. The van der Waals surface area contributed by atoms with Crippen molar-refractivity contribution in [1.29, 1.82) is 0 Å². The Balaban J connectivity index is 1.62. The third-order valence-electron chi connectivity index (χ3n) is 5.79. The molecule has 0 bridgehead atoms. The first-order valence-corrected chi connectivity index (χ1v) is 10.2. The number of esters is 1. The van der Waals surface area contributed by atoms with Crippen LogP contribution in [-0.2, 0) is 14.3 Å². The van der Waals surface area contributed by atoms with E-state index < -0.39 is 36.0 Å². The lowest BCUT2D eigenvalue weighted by molar-refractivity contribution is -0.141. The lowest BCUT2D eigenvalue weighted by atomic mass is 9.77. The van der Waals surface area contributed by atoms with Crippen molar-refractivity contribution in [3.8, 4) is 17.2 Å². The van der Waals surface area contributed by atoms with Crippen molar-refractivity contribution >= 4 is 23.8 Å². The van der Waals surface area contributed by atoms with E-state index in [0.717, 1.165) is 12.8 Å². The minimum Gasteiger partial charge on any atom is -0.496 e. The molecule has 2 fully saturated rings. The number of urea groups is 1. The largest absolute Gasteiger partial charge is 0.496 e. The van der Waals surface area contributed by atoms with Gasteiger partial charge in [0.15, 0.2) is 18.1 Å². The minimum absolute atomic E-state index is 0.0169. The second-order valence-electron chi connectivity index (χ2n) is 7.85. The van der Waals surface area contributed by atoms with Crippen molar-refractivity contribution in [1.82, 2.24) is 15.8 Å². The van der Waals surface area contributed by atoms with Crippen LogP contribution < -0.4 is 25.0 Å². The first kappa shape index (κ1) is 23.2. The highest BCUT2D eigenvalue weighted by molar-refractivity contribution is 6.08. The number of hydrogen-bond donors (Lipinski definition) is 2. The van der Waals surface area contributed by atoms with Crippen LogP contribution in [0.25, 0.3) is 0 Å². The van der Waals surface area contributed by atoms with Gasteiger partial charge in [-0.1, -0.05) is 6.92 Å². The second-order valence-corrected chi connectivity index (χ2v) is 7.85. The molecule has 11 nitrogen and oxygen atoms in total. The van der Waals surface area contributed by atoms with Crippen molar-refractivity contribution in [2.45, 2.75) is 38.1 Å². The average Bonchev–Trinajstić information content (AvgIpc) is 3.02. The van der Waals surface area contributed by atoms with Crippen molar-refractivity contribution in [3.05, 3.63) is 17.7 Å². The number of methoxy groups -OCH3 is 3. The normalized spacial score (nSPS) is 22.4. The predicted molar refractivity (Wildman–Crippen MR) is 110 cm³/mol. The highest BCUT2D eigenvalue weighted by Gasteiger charge is 2.52. The van der Waals surface area contributed by atoms with Crippen molar-refractivity contribution in [2.75, 3.05) is 27.9 Å². The molecule has 2 aliphatic rings. The fourth-order valence-corrected chi connectivity index (χ4v) is 3.87. The van der Waals surface area contributed by atoms with Gasteiger partial charge in [-0.25, -0.2) is 9.59 Å². The number of hydrogen-bond acceptors (Lipinski definition) is 8. The maximum atomic E-state index is 12.8. The number of carbonyl (C=O) groups is 4. The monoisotopic (exact) mass is 449 g/mol. The van der Waals surface area contributed by atoms with E-state index >= 15 is 0 Å². The maximum Gasteiger partial charge on any atom is 0.344 e. The van der Waals surface area contributed by atoms with E-state index in [1.165, 1.54) is 33.5 Å². The third kappa shape index (κ3) is 4.41. The van der Waals surface area contributed by atoms with Gasteiger partial charge < -0.3 is 24.3 Å². The summed E-state index contributed by atoms with van der Waals surface area (Å²) in [6.07, 6.45) is 2.63. The Morgan fingerprint density at radius 1 is 1.06 bits per heavy atom. The maximum absolute atomic E-state index is 12.8. The summed E-state index contributed by atoms with van der Waals surface area (Å²) >= 11 is 0. The molecular formula is C21H27N3O8. The molecular weight excluding hydrogens is 422 g/mol.